The van der Waals surface area contributed by atoms with Crippen LogP contribution in [-0.2, 0) is 24.3 Å². The average molecular weight is 461 g/mol. The summed E-state index contributed by atoms with van der Waals surface area (Å²) in [6.45, 7) is 5.21. The number of rotatable bonds is 11. The first-order chi connectivity index (χ1) is 15.4. The third-order valence-electron chi connectivity index (χ3n) is 5.27. The molecule has 2 aromatic heterocycles. The molecular weight excluding hydrogens is 432 g/mol. The molecule has 8 nitrogen and oxygen atoms in total. The van der Waals surface area contributed by atoms with Crippen molar-refractivity contribution >= 4 is 28.7 Å². The molecule has 0 aliphatic carbocycles. The van der Waals surface area contributed by atoms with Gasteiger partial charge >= 0.3 is 11.7 Å². The molecule has 0 saturated carbocycles. The van der Waals surface area contributed by atoms with Crippen molar-refractivity contribution < 1.29 is 9.53 Å². The Balaban J connectivity index is 1.90. The van der Waals surface area contributed by atoms with Crippen LogP contribution in [0.3, 0.4) is 0 Å². The van der Waals surface area contributed by atoms with Crippen LogP contribution >= 0.6 is 11.6 Å². The minimum atomic E-state index is -0.457. The number of unbranched alkanes of at least 4 members (excludes halogenated alkanes) is 3. The summed E-state index contributed by atoms with van der Waals surface area (Å²) in [4.78, 5) is 44.5. The highest BCUT2D eigenvalue weighted by Crippen LogP contribution is 2.19. The number of aromatic amines is 1. The molecule has 0 amide bonds. The molecule has 3 rings (SSSR count). The van der Waals surface area contributed by atoms with E-state index in [-0.39, 0.29) is 6.42 Å². The molecule has 2 heterocycles. The number of hydrogen-bond donors (Lipinski definition) is 1. The summed E-state index contributed by atoms with van der Waals surface area (Å²) in [5.74, 6) is 0.556. The van der Waals surface area contributed by atoms with E-state index in [1.807, 2.05) is 11.5 Å². The molecular formula is C23H29ClN4O4. The Hall–Kier alpha value is -2.87. The van der Waals surface area contributed by atoms with E-state index in [2.05, 4.69) is 16.9 Å². The summed E-state index contributed by atoms with van der Waals surface area (Å²) < 4.78 is 8.73. The first kappa shape index (κ1) is 23.8. The third-order valence-corrected chi connectivity index (χ3v) is 5.50. The Morgan fingerprint density at radius 1 is 1.09 bits per heavy atom. The van der Waals surface area contributed by atoms with Crippen molar-refractivity contribution in [3.63, 3.8) is 0 Å². The van der Waals surface area contributed by atoms with Gasteiger partial charge in [0, 0.05) is 24.5 Å². The maximum absolute atomic E-state index is 12.7. The Kier molecular flexibility index (Phi) is 8.27. The predicted molar refractivity (Wildman–Crippen MR) is 124 cm³/mol. The van der Waals surface area contributed by atoms with E-state index in [9.17, 15) is 14.4 Å². The minimum absolute atomic E-state index is 0.0840. The second kappa shape index (κ2) is 11.1. The van der Waals surface area contributed by atoms with Crippen molar-refractivity contribution in [3.05, 3.63) is 56.0 Å². The van der Waals surface area contributed by atoms with Crippen LogP contribution in [0.15, 0.2) is 33.9 Å². The molecule has 0 saturated heterocycles. The topological polar surface area (TPSA) is 99.0 Å². The summed E-state index contributed by atoms with van der Waals surface area (Å²) in [5, 5.41) is 0.484. The van der Waals surface area contributed by atoms with Crippen LogP contribution < -0.4 is 16.0 Å². The number of imidazole rings is 1. The molecule has 9 heteroatoms. The number of H-pyrrole nitrogens is 1. The summed E-state index contributed by atoms with van der Waals surface area (Å²) in [6.07, 6.45) is 4.99. The maximum Gasteiger partial charge on any atom is 0.330 e. The summed E-state index contributed by atoms with van der Waals surface area (Å²) in [7, 11) is 0. The molecule has 3 aromatic rings. The number of halogens is 1. The lowest BCUT2D eigenvalue weighted by molar-refractivity contribution is -0.134. The van der Waals surface area contributed by atoms with Crippen molar-refractivity contribution in [1.82, 2.24) is 19.1 Å². The maximum atomic E-state index is 12.7. The summed E-state index contributed by atoms with van der Waals surface area (Å²) in [6, 6.07) is 6.65. The Labute approximate surface area is 191 Å². The molecule has 1 aromatic carbocycles. The van der Waals surface area contributed by atoms with E-state index in [4.69, 9.17) is 16.3 Å². The van der Waals surface area contributed by atoms with Crippen molar-refractivity contribution in [2.45, 2.75) is 71.9 Å². The number of nitrogens with one attached hydrogen (secondary N) is 1. The standard InChI is InChI=1S/C23H29ClN4O4/c1-3-5-7-14-27-18(11-12-19(29)32-17-10-8-9-16(24)15-17)25-21-20(27)22(30)26-23(31)28(21)13-6-4-2/h8-10,15H,3-7,11-14H2,1-2H3,(H,26,30,31). The van der Waals surface area contributed by atoms with E-state index in [1.54, 1.807) is 24.3 Å². The number of benzene rings is 1. The molecule has 0 spiro atoms. The van der Waals surface area contributed by atoms with Crippen LogP contribution in [-0.4, -0.2) is 25.1 Å². The summed E-state index contributed by atoms with van der Waals surface area (Å²) >= 11 is 5.94. The largest absolute Gasteiger partial charge is 0.426 e. The lowest BCUT2D eigenvalue weighted by atomic mass is 10.2. The molecule has 0 aliphatic heterocycles. The molecule has 1 N–H and O–H groups in total. The normalized spacial score (nSPS) is 11.2. The monoisotopic (exact) mass is 460 g/mol. The van der Waals surface area contributed by atoms with E-state index in [1.165, 1.54) is 4.57 Å². The lowest BCUT2D eigenvalue weighted by Gasteiger charge is -2.09. The fourth-order valence-corrected chi connectivity index (χ4v) is 3.80. The number of hydrogen-bond acceptors (Lipinski definition) is 5. The third kappa shape index (κ3) is 5.68. The van der Waals surface area contributed by atoms with Gasteiger partial charge in [0.2, 0.25) is 0 Å². The number of esters is 1. The molecule has 0 unspecified atom stereocenters. The van der Waals surface area contributed by atoms with E-state index in [0.717, 1.165) is 32.1 Å². The second-order valence-electron chi connectivity index (χ2n) is 7.75. The van der Waals surface area contributed by atoms with E-state index >= 15 is 0 Å². The molecule has 0 atom stereocenters. The van der Waals surface area contributed by atoms with Crippen LogP contribution in [0.25, 0.3) is 11.2 Å². The van der Waals surface area contributed by atoms with Crippen LogP contribution in [0.1, 0.15) is 58.2 Å². The Morgan fingerprint density at radius 3 is 2.56 bits per heavy atom. The number of carbonyl (C=O) groups excluding carboxylic acids is 1. The van der Waals surface area contributed by atoms with E-state index < -0.39 is 17.2 Å². The fraction of sp³-hybridized carbons (Fsp3) is 0.478. The predicted octanol–water partition coefficient (Wildman–Crippen LogP) is 4.07. The molecule has 32 heavy (non-hydrogen) atoms. The number of aromatic nitrogens is 4. The van der Waals surface area contributed by atoms with Crippen LogP contribution in [0.5, 0.6) is 5.75 Å². The fourth-order valence-electron chi connectivity index (χ4n) is 3.62. The van der Waals surface area contributed by atoms with Gasteiger partial charge in [-0.2, -0.15) is 0 Å². The zero-order valence-electron chi connectivity index (χ0n) is 18.5. The van der Waals surface area contributed by atoms with Gasteiger partial charge < -0.3 is 9.30 Å². The highest BCUT2D eigenvalue weighted by molar-refractivity contribution is 6.30. The highest BCUT2D eigenvalue weighted by atomic mass is 35.5. The molecule has 0 aliphatic rings. The molecule has 0 bridgehead atoms. The van der Waals surface area contributed by atoms with Gasteiger partial charge in [0.25, 0.3) is 5.56 Å². The molecule has 0 fully saturated rings. The van der Waals surface area contributed by atoms with Gasteiger partial charge in [0.1, 0.15) is 11.6 Å². The number of carbonyl (C=O) groups is 1. The van der Waals surface area contributed by atoms with Crippen LogP contribution in [0, 0.1) is 0 Å². The average Bonchev–Trinajstić information content (AvgIpc) is 3.11. The SMILES string of the molecule is CCCCCn1c(CCC(=O)Oc2cccc(Cl)c2)nc2c1c(=O)[nH]c(=O)n2CCCC. The van der Waals surface area contributed by atoms with Gasteiger partial charge in [-0.05, 0) is 31.0 Å². The summed E-state index contributed by atoms with van der Waals surface area (Å²) in [5.41, 5.74) is -0.146. The van der Waals surface area contributed by atoms with Crippen LogP contribution in [0.4, 0.5) is 0 Å². The zero-order valence-corrected chi connectivity index (χ0v) is 19.3. The van der Waals surface area contributed by atoms with Gasteiger partial charge in [-0.25, -0.2) is 9.78 Å². The van der Waals surface area contributed by atoms with Gasteiger partial charge in [-0.15, -0.1) is 0 Å². The zero-order chi connectivity index (χ0) is 23.1. The number of ether oxygens (including phenoxy) is 1. The smallest absolute Gasteiger partial charge is 0.330 e. The Morgan fingerprint density at radius 2 is 1.84 bits per heavy atom. The van der Waals surface area contributed by atoms with Gasteiger partial charge in [0.05, 0.1) is 6.42 Å². The van der Waals surface area contributed by atoms with Gasteiger partial charge in [-0.3, -0.25) is 19.1 Å². The number of fused-ring (bicyclic) bond motifs is 1. The number of nitrogens with zero attached hydrogens (tertiary/aromatic N) is 3. The van der Waals surface area contributed by atoms with Crippen molar-refractivity contribution in [1.29, 1.82) is 0 Å². The number of aryl methyl sites for hydroxylation is 3. The van der Waals surface area contributed by atoms with E-state index in [0.29, 0.717) is 47.3 Å². The van der Waals surface area contributed by atoms with Gasteiger partial charge in [-0.1, -0.05) is 50.8 Å². The first-order valence-corrected chi connectivity index (χ1v) is 11.5. The Bertz CT molecular complexity index is 1190. The molecule has 172 valence electrons. The highest BCUT2D eigenvalue weighted by Gasteiger charge is 2.19. The van der Waals surface area contributed by atoms with Crippen LogP contribution in [0.2, 0.25) is 5.02 Å². The van der Waals surface area contributed by atoms with Crippen molar-refractivity contribution in [3.8, 4) is 5.75 Å². The van der Waals surface area contributed by atoms with Gasteiger partial charge in [0.15, 0.2) is 11.2 Å². The van der Waals surface area contributed by atoms with Crippen molar-refractivity contribution in [2.24, 2.45) is 0 Å². The first-order valence-electron chi connectivity index (χ1n) is 11.1. The second-order valence-corrected chi connectivity index (χ2v) is 8.19. The lowest BCUT2D eigenvalue weighted by Crippen LogP contribution is -2.31. The minimum Gasteiger partial charge on any atom is -0.426 e. The van der Waals surface area contributed by atoms with Crippen molar-refractivity contribution in [2.75, 3.05) is 0 Å². The molecule has 0 radical (unpaired) electrons. The quantitative estimate of drug-likeness (QED) is 0.264.